The minimum Gasteiger partial charge on any atom is -0.356 e. The van der Waals surface area contributed by atoms with Gasteiger partial charge >= 0.3 is 0 Å². The third-order valence-corrected chi connectivity index (χ3v) is 7.06. The van der Waals surface area contributed by atoms with Crippen molar-refractivity contribution < 1.29 is 9.80 Å². The highest BCUT2D eigenvalue weighted by Gasteiger charge is 2.30. The summed E-state index contributed by atoms with van der Waals surface area (Å²) < 4.78 is 0. The predicted molar refractivity (Wildman–Crippen MR) is 124 cm³/mol. The van der Waals surface area contributed by atoms with Crippen molar-refractivity contribution in [2.45, 2.75) is 32.7 Å². The van der Waals surface area contributed by atoms with Crippen molar-refractivity contribution in [2.75, 3.05) is 45.1 Å². The van der Waals surface area contributed by atoms with Crippen molar-refractivity contribution in [3.05, 3.63) is 51.7 Å². The summed E-state index contributed by atoms with van der Waals surface area (Å²) in [6.45, 7) is 10.2. The van der Waals surface area contributed by atoms with E-state index in [0.717, 1.165) is 24.5 Å². The average molecular weight is 419 g/mol. The van der Waals surface area contributed by atoms with Gasteiger partial charge in [0, 0.05) is 5.69 Å². The summed E-state index contributed by atoms with van der Waals surface area (Å²) in [5, 5.41) is 9.95. The van der Waals surface area contributed by atoms with Crippen molar-refractivity contribution in [3.8, 4) is 0 Å². The second kappa shape index (κ2) is 10.3. The average Bonchev–Trinajstić information content (AvgIpc) is 3.24. The SMILES string of the molecule is CCc1cccc(CC)c1NC(=S)NC[C@@H](c1cccs1)[NH+]1CC[NH+](C)CC1. The molecule has 6 heteroatoms. The zero-order valence-corrected chi connectivity index (χ0v) is 18.9. The fourth-order valence-electron chi connectivity index (χ4n) is 4.04. The molecule has 1 aromatic carbocycles. The van der Waals surface area contributed by atoms with E-state index in [2.05, 4.69) is 67.2 Å². The number of piperazine rings is 1. The minimum atomic E-state index is 0.458. The first-order chi connectivity index (χ1) is 13.6. The predicted octanol–water partition coefficient (Wildman–Crippen LogP) is 1.31. The van der Waals surface area contributed by atoms with Gasteiger partial charge in [-0.1, -0.05) is 38.1 Å². The van der Waals surface area contributed by atoms with Gasteiger partial charge < -0.3 is 20.4 Å². The van der Waals surface area contributed by atoms with Gasteiger partial charge in [-0.2, -0.15) is 0 Å². The summed E-state index contributed by atoms with van der Waals surface area (Å²) >= 11 is 7.55. The molecule has 152 valence electrons. The maximum atomic E-state index is 5.69. The van der Waals surface area contributed by atoms with Gasteiger partial charge in [0.15, 0.2) is 5.11 Å². The van der Waals surface area contributed by atoms with Gasteiger partial charge in [-0.3, -0.25) is 0 Å². The molecule has 1 aliphatic heterocycles. The van der Waals surface area contributed by atoms with E-state index >= 15 is 0 Å². The van der Waals surface area contributed by atoms with E-state index in [1.54, 1.807) is 9.80 Å². The maximum absolute atomic E-state index is 5.69. The smallest absolute Gasteiger partial charge is 0.171 e. The number of benzene rings is 1. The fraction of sp³-hybridized carbons (Fsp3) is 0.500. The molecule has 1 saturated heterocycles. The molecule has 0 amide bonds. The first kappa shape index (κ1) is 21.2. The minimum absolute atomic E-state index is 0.458. The normalized spacial score (nSPS) is 20.5. The number of nitrogens with one attached hydrogen (secondary N) is 4. The third kappa shape index (κ3) is 5.32. The zero-order chi connectivity index (χ0) is 19.9. The van der Waals surface area contributed by atoms with Crippen molar-refractivity contribution in [1.29, 1.82) is 0 Å². The maximum Gasteiger partial charge on any atom is 0.171 e. The Balaban J connectivity index is 1.66. The van der Waals surface area contributed by atoms with Gasteiger partial charge in [-0.05, 0) is 47.6 Å². The molecule has 4 N–H and O–H groups in total. The molecule has 2 heterocycles. The Labute approximate surface area is 178 Å². The highest BCUT2D eigenvalue weighted by molar-refractivity contribution is 7.80. The molecular weight excluding hydrogens is 384 g/mol. The highest BCUT2D eigenvalue weighted by atomic mass is 32.1. The van der Waals surface area contributed by atoms with Crippen LogP contribution in [0.4, 0.5) is 5.69 Å². The molecule has 0 unspecified atom stereocenters. The molecule has 0 aliphatic carbocycles. The molecule has 3 rings (SSSR count). The quantitative estimate of drug-likeness (QED) is 0.512. The lowest BCUT2D eigenvalue weighted by atomic mass is 10.0. The number of likely N-dealkylation sites (N-methyl/N-ethyl adjacent to an activating group) is 1. The van der Waals surface area contributed by atoms with Crippen LogP contribution in [0.3, 0.4) is 0 Å². The van der Waals surface area contributed by atoms with Gasteiger partial charge in [0.1, 0.15) is 32.2 Å². The van der Waals surface area contributed by atoms with Crippen LogP contribution in [0.15, 0.2) is 35.7 Å². The lowest BCUT2D eigenvalue weighted by molar-refractivity contribution is -1.02. The van der Waals surface area contributed by atoms with E-state index in [0.29, 0.717) is 6.04 Å². The van der Waals surface area contributed by atoms with Gasteiger partial charge in [-0.25, -0.2) is 0 Å². The Morgan fingerprint density at radius 3 is 2.32 bits per heavy atom. The van der Waals surface area contributed by atoms with Crippen molar-refractivity contribution in [1.82, 2.24) is 5.32 Å². The van der Waals surface area contributed by atoms with Crippen LogP contribution < -0.4 is 20.4 Å². The topological polar surface area (TPSA) is 32.9 Å². The van der Waals surface area contributed by atoms with Gasteiger partial charge in [0.25, 0.3) is 0 Å². The Morgan fingerprint density at radius 1 is 1.07 bits per heavy atom. The summed E-state index contributed by atoms with van der Waals surface area (Å²) in [5.74, 6) is 0. The highest BCUT2D eigenvalue weighted by Crippen LogP contribution is 2.22. The van der Waals surface area contributed by atoms with E-state index < -0.39 is 0 Å². The van der Waals surface area contributed by atoms with Gasteiger partial charge in [0.05, 0.1) is 18.5 Å². The molecule has 28 heavy (non-hydrogen) atoms. The van der Waals surface area contributed by atoms with Crippen LogP contribution >= 0.6 is 23.6 Å². The summed E-state index contributed by atoms with van der Waals surface area (Å²) in [7, 11) is 2.30. The lowest BCUT2D eigenvalue weighted by Crippen LogP contribution is -3.27. The van der Waals surface area contributed by atoms with E-state index in [4.69, 9.17) is 12.2 Å². The lowest BCUT2D eigenvalue weighted by Gasteiger charge is -2.33. The molecule has 0 saturated carbocycles. The Hall–Kier alpha value is -1.47. The Bertz CT molecular complexity index is 730. The molecule has 4 nitrogen and oxygen atoms in total. The van der Waals surface area contributed by atoms with E-state index in [1.807, 2.05) is 11.3 Å². The molecule has 1 fully saturated rings. The summed E-state index contributed by atoms with van der Waals surface area (Å²) in [5.41, 5.74) is 3.84. The molecule has 0 spiro atoms. The number of thiophene rings is 1. The number of hydrogen-bond donors (Lipinski definition) is 4. The zero-order valence-electron chi connectivity index (χ0n) is 17.3. The van der Waals surface area contributed by atoms with Crippen LogP contribution in [0.2, 0.25) is 0 Å². The molecular formula is C22H34N4S2+2. The fourth-order valence-corrected chi connectivity index (χ4v) is 5.11. The summed E-state index contributed by atoms with van der Waals surface area (Å²) in [6.07, 6.45) is 2.01. The van der Waals surface area contributed by atoms with Crippen molar-refractivity contribution in [3.63, 3.8) is 0 Å². The summed E-state index contributed by atoms with van der Waals surface area (Å²) in [4.78, 5) is 4.77. The first-order valence-corrected chi connectivity index (χ1v) is 11.8. The molecule has 1 aromatic heterocycles. The second-order valence-corrected chi connectivity index (χ2v) is 9.06. The second-order valence-electron chi connectivity index (χ2n) is 7.68. The van der Waals surface area contributed by atoms with Crippen LogP contribution in [0.25, 0.3) is 0 Å². The van der Waals surface area contributed by atoms with Gasteiger partial charge in [0.2, 0.25) is 0 Å². The molecule has 0 radical (unpaired) electrons. The van der Waals surface area contributed by atoms with Crippen LogP contribution in [-0.2, 0) is 12.8 Å². The number of aryl methyl sites for hydroxylation is 2. The van der Waals surface area contributed by atoms with E-state index in [-0.39, 0.29) is 0 Å². The molecule has 1 atom stereocenters. The van der Waals surface area contributed by atoms with Crippen LogP contribution in [0.1, 0.15) is 35.9 Å². The summed E-state index contributed by atoms with van der Waals surface area (Å²) in [6, 6.07) is 11.4. The number of hydrogen-bond acceptors (Lipinski definition) is 2. The number of quaternary nitrogens is 2. The Morgan fingerprint density at radius 2 is 1.75 bits per heavy atom. The van der Waals surface area contributed by atoms with Crippen LogP contribution in [0, 0.1) is 0 Å². The third-order valence-electron chi connectivity index (χ3n) is 5.83. The first-order valence-electron chi connectivity index (χ1n) is 10.5. The monoisotopic (exact) mass is 418 g/mol. The number of thiocarbonyl (C=S) groups is 1. The van der Waals surface area contributed by atoms with E-state index in [1.165, 1.54) is 47.9 Å². The molecule has 1 aliphatic rings. The van der Waals surface area contributed by atoms with Crippen molar-refractivity contribution >= 4 is 34.4 Å². The standard InChI is InChI=1S/C22H32N4S2/c1-4-17-8-6-9-18(5-2)21(17)24-22(27)23-16-19(20-10-7-15-28-20)26-13-11-25(3)12-14-26/h6-10,15,19H,4-5,11-14,16H2,1-3H3,(H2,23,24,27)/p+2/t19-/m0/s1. The Kier molecular flexibility index (Phi) is 7.85. The van der Waals surface area contributed by atoms with Crippen molar-refractivity contribution in [2.24, 2.45) is 0 Å². The number of para-hydroxylation sites is 1. The largest absolute Gasteiger partial charge is 0.356 e. The van der Waals surface area contributed by atoms with E-state index in [9.17, 15) is 0 Å². The van der Waals surface area contributed by atoms with Gasteiger partial charge in [-0.15, -0.1) is 11.3 Å². The van der Waals surface area contributed by atoms with Crippen LogP contribution in [0.5, 0.6) is 0 Å². The number of rotatable bonds is 7. The number of anilines is 1. The molecule has 0 bridgehead atoms. The van der Waals surface area contributed by atoms with Crippen LogP contribution in [-0.4, -0.2) is 44.9 Å². The molecule has 2 aromatic rings.